The first kappa shape index (κ1) is 30.3. The zero-order valence-corrected chi connectivity index (χ0v) is 22.6. The van der Waals surface area contributed by atoms with Crippen molar-refractivity contribution in [3.8, 4) is 0 Å². The van der Waals surface area contributed by atoms with E-state index in [2.05, 4.69) is 34.5 Å². The van der Waals surface area contributed by atoms with Crippen molar-refractivity contribution in [2.45, 2.75) is 70.3 Å². The number of ether oxygens (including phenoxy) is 1. The van der Waals surface area contributed by atoms with Crippen LogP contribution in [0.25, 0.3) is 0 Å². The molecule has 5 N–H and O–H groups in total. The van der Waals surface area contributed by atoms with Gasteiger partial charge in [-0.1, -0.05) is 37.1 Å². The van der Waals surface area contributed by atoms with Crippen LogP contribution in [0.5, 0.6) is 0 Å². The van der Waals surface area contributed by atoms with Crippen molar-refractivity contribution >= 4 is 23.2 Å². The Kier molecular flexibility index (Phi) is 13.1. The fourth-order valence-electron chi connectivity index (χ4n) is 4.01. The maximum Gasteiger partial charge on any atom is 0.243 e. The van der Waals surface area contributed by atoms with E-state index >= 15 is 0 Å². The monoisotopic (exact) mass is 512 g/mol. The van der Waals surface area contributed by atoms with E-state index in [1.54, 1.807) is 5.48 Å². The van der Waals surface area contributed by atoms with Gasteiger partial charge >= 0.3 is 0 Å². The quantitative estimate of drug-likeness (QED) is 0.138. The van der Waals surface area contributed by atoms with Crippen LogP contribution in [0.3, 0.4) is 0 Å². The highest BCUT2D eigenvalue weighted by molar-refractivity contribution is 5.90. The Labute approximate surface area is 221 Å². The zero-order chi connectivity index (χ0) is 27.1. The molecule has 37 heavy (non-hydrogen) atoms. The summed E-state index contributed by atoms with van der Waals surface area (Å²) in [5.74, 6) is -0.404. The van der Waals surface area contributed by atoms with E-state index in [9.17, 15) is 9.59 Å². The fourth-order valence-corrected chi connectivity index (χ4v) is 4.01. The summed E-state index contributed by atoms with van der Waals surface area (Å²) in [5, 5.41) is 11.4. The van der Waals surface area contributed by atoms with E-state index < -0.39 is 5.54 Å². The maximum atomic E-state index is 12.2. The molecule has 8 heteroatoms. The first-order valence-electron chi connectivity index (χ1n) is 13.2. The molecule has 0 saturated carbocycles. The van der Waals surface area contributed by atoms with Crippen LogP contribution in [0.15, 0.2) is 48.5 Å². The van der Waals surface area contributed by atoms with Crippen LogP contribution in [0.4, 0.5) is 11.4 Å². The van der Waals surface area contributed by atoms with Crippen molar-refractivity contribution in [1.29, 1.82) is 0 Å². The average molecular weight is 513 g/mol. The predicted octanol–water partition coefficient (Wildman–Crippen LogP) is 4.75. The van der Waals surface area contributed by atoms with Gasteiger partial charge in [0.2, 0.25) is 11.8 Å². The summed E-state index contributed by atoms with van der Waals surface area (Å²) in [4.78, 5) is 25.2. The summed E-state index contributed by atoms with van der Waals surface area (Å²) in [7, 11) is 4.08. The van der Waals surface area contributed by atoms with Crippen LogP contribution in [0, 0.1) is 0 Å². The zero-order valence-electron chi connectivity index (χ0n) is 22.6. The molecule has 0 aliphatic heterocycles. The second-order valence-corrected chi connectivity index (χ2v) is 10.0. The molecule has 2 rings (SSSR count). The van der Waals surface area contributed by atoms with E-state index in [1.807, 2.05) is 45.3 Å². The van der Waals surface area contributed by atoms with Crippen molar-refractivity contribution in [1.82, 2.24) is 5.48 Å². The SMILES string of the molecule is CN(C)c1ccc(CCCOCCC(C)(N)c2ccc(NC(=O)CCCCCCC(=O)NO)cc2)cc1. The first-order chi connectivity index (χ1) is 17.7. The smallest absolute Gasteiger partial charge is 0.243 e. The summed E-state index contributed by atoms with van der Waals surface area (Å²) in [6.45, 7) is 3.30. The minimum absolute atomic E-state index is 0.0293. The number of rotatable bonds is 17. The number of aryl methyl sites for hydroxylation is 1. The Balaban J connectivity index is 1.62. The number of carbonyl (C=O) groups excluding carboxylic acids is 2. The Morgan fingerprint density at radius 3 is 2.11 bits per heavy atom. The Morgan fingerprint density at radius 2 is 1.51 bits per heavy atom. The highest BCUT2D eigenvalue weighted by atomic mass is 16.5. The van der Waals surface area contributed by atoms with Gasteiger partial charge in [0.05, 0.1) is 0 Å². The molecule has 0 radical (unpaired) electrons. The highest BCUT2D eigenvalue weighted by Crippen LogP contribution is 2.24. The van der Waals surface area contributed by atoms with Crippen molar-refractivity contribution < 1.29 is 19.5 Å². The second kappa shape index (κ2) is 16.0. The summed E-state index contributed by atoms with van der Waals surface area (Å²) in [6, 6.07) is 16.3. The topological polar surface area (TPSA) is 117 Å². The van der Waals surface area contributed by atoms with E-state index in [0.717, 1.165) is 43.4 Å². The van der Waals surface area contributed by atoms with Crippen molar-refractivity contribution in [2.75, 3.05) is 37.5 Å². The average Bonchev–Trinajstić information content (AvgIpc) is 2.88. The Hall–Kier alpha value is -2.94. The number of unbranched alkanes of at least 4 members (excludes halogenated alkanes) is 3. The molecule has 0 saturated heterocycles. The van der Waals surface area contributed by atoms with E-state index in [1.165, 1.54) is 11.3 Å². The van der Waals surface area contributed by atoms with Gasteiger partial charge < -0.3 is 20.7 Å². The lowest BCUT2D eigenvalue weighted by Crippen LogP contribution is -2.34. The molecule has 0 bridgehead atoms. The Morgan fingerprint density at radius 1 is 0.892 bits per heavy atom. The van der Waals surface area contributed by atoms with Crippen LogP contribution >= 0.6 is 0 Å². The summed E-state index contributed by atoms with van der Waals surface area (Å²) < 4.78 is 5.85. The van der Waals surface area contributed by atoms with Gasteiger partial charge in [-0.15, -0.1) is 0 Å². The number of hydrogen-bond acceptors (Lipinski definition) is 6. The molecule has 1 unspecified atom stereocenters. The molecule has 2 aromatic rings. The molecule has 204 valence electrons. The molecule has 0 heterocycles. The number of nitrogens with two attached hydrogens (primary N) is 1. The third-order valence-electron chi connectivity index (χ3n) is 6.48. The number of carbonyl (C=O) groups is 2. The number of benzene rings is 2. The largest absolute Gasteiger partial charge is 0.381 e. The molecule has 2 aromatic carbocycles. The first-order valence-corrected chi connectivity index (χ1v) is 13.2. The van der Waals surface area contributed by atoms with E-state index in [-0.39, 0.29) is 11.8 Å². The van der Waals surface area contributed by atoms with Crippen molar-refractivity contribution in [3.05, 3.63) is 59.7 Å². The molecular weight excluding hydrogens is 468 g/mol. The van der Waals surface area contributed by atoms with Gasteiger partial charge in [0, 0.05) is 57.1 Å². The number of hydrogen-bond donors (Lipinski definition) is 4. The third-order valence-corrected chi connectivity index (χ3v) is 6.48. The lowest BCUT2D eigenvalue weighted by atomic mass is 9.90. The molecule has 0 aliphatic carbocycles. The molecule has 0 fully saturated rings. The van der Waals surface area contributed by atoms with Crippen LogP contribution in [-0.4, -0.2) is 44.3 Å². The lowest BCUT2D eigenvalue weighted by Gasteiger charge is -2.25. The minimum Gasteiger partial charge on any atom is -0.381 e. The standard InChI is InChI=1S/C29H44N4O4/c1-29(30,20-22-37-21-8-9-23-12-18-26(19-13-23)33(2)3)24-14-16-25(17-15-24)31-27(34)10-6-4-5-7-11-28(35)32-36/h12-19,36H,4-11,20-22,30H2,1-3H3,(H,31,34)(H,32,35). The molecule has 8 nitrogen and oxygen atoms in total. The van der Waals surface area contributed by atoms with Crippen LogP contribution < -0.4 is 21.4 Å². The van der Waals surface area contributed by atoms with Gasteiger partial charge in [-0.25, -0.2) is 5.48 Å². The molecule has 0 aromatic heterocycles. The lowest BCUT2D eigenvalue weighted by molar-refractivity contribution is -0.129. The van der Waals surface area contributed by atoms with Gasteiger partial charge in [-0.2, -0.15) is 0 Å². The highest BCUT2D eigenvalue weighted by Gasteiger charge is 2.21. The van der Waals surface area contributed by atoms with Crippen LogP contribution in [-0.2, 0) is 26.3 Å². The molecule has 0 aliphatic rings. The number of nitrogens with one attached hydrogen (secondary N) is 2. The van der Waals surface area contributed by atoms with Gasteiger partial charge in [-0.05, 0) is 74.4 Å². The number of nitrogens with zero attached hydrogens (tertiary/aromatic N) is 1. The third kappa shape index (κ3) is 11.8. The van der Waals surface area contributed by atoms with E-state index in [4.69, 9.17) is 15.7 Å². The normalized spacial score (nSPS) is 12.6. The van der Waals surface area contributed by atoms with Gasteiger partial charge in [0.25, 0.3) is 0 Å². The van der Waals surface area contributed by atoms with Crippen molar-refractivity contribution in [2.24, 2.45) is 5.73 Å². The second-order valence-electron chi connectivity index (χ2n) is 10.0. The fraction of sp³-hybridized carbons (Fsp3) is 0.517. The minimum atomic E-state index is -0.516. The summed E-state index contributed by atoms with van der Waals surface area (Å²) in [6.07, 6.45) is 6.56. The van der Waals surface area contributed by atoms with Crippen LogP contribution in [0.2, 0.25) is 0 Å². The molecule has 1 atom stereocenters. The number of amides is 2. The van der Waals surface area contributed by atoms with E-state index in [0.29, 0.717) is 38.9 Å². The van der Waals surface area contributed by atoms with Gasteiger partial charge in [-0.3, -0.25) is 14.8 Å². The van der Waals surface area contributed by atoms with Crippen molar-refractivity contribution in [3.63, 3.8) is 0 Å². The van der Waals surface area contributed by atoms with Gasteiger partial charge in [0.1, 0.15) is 0 Å². The molecule has 2 amide bonds. The van der Waals surface area contributed by atoms with Gasteiger partial charge in [0.15, 0.2) is 0 Å². The summed E-state index contributed by atoms with van der Waals surface area (Å²) >= 11 is 0. The molecule has 0 spiro atoms. The maximum absolute atomic E-state index is 12.2. The molecular formula is C29H44N4O4. The number of hydroxylamine groups is 1. The van der Waals surface area contributed by atoms with Crippen LogP contribution in [0.1, 0.15) is 69.4 Å². The Bertz CT molecular complexity index is 943. The number of anilines is 2. The predicted molar refractivity (Wildman–Crippen MR) is 149 cm³/mol. The summed E-state index contributed by atoms with van der Waals surface area (Å²) in [5.41, 5.74) is 11.9.